The van der Waals surface area contributed by atoms with Crippen molar-refractivity contribution in [2.75, 3.05) is 0 Å². The van der Waals surface area contributed by atoms with Gasteiger partial charge in [0.1, 0.15) is 0 Å². The molecule has 0 radical (unpaired) electrons. The van der Waals surface area contributed by atoms with E-state index in [-0.39, 0.29) is 5.56 Å². The third kappa shape index (κ3) is 3.26. The average Bonchev–Trinajstić information content (AvgIpc) is 1.82. The molecule has 0 heterocycles. The van der Waals surface area contributed by atoms with E-state index in [1.54, 1.807) is 12.1 Å². The molecule has 0 saturated heterocycles. The molecule has 1 aromatic rings. The van der Waals surface area contributed by atoms with Crippen LogP contribution in [0.1, 0.15) is 5.56 Å². The van der Waals surface area contributed by atoms with Crippen LogP contribution < -0.4 is 0 Å². The van der Waals surface area contributed by atoms with Crippen LogP contribution in [0.5, 0.6) is 0 Å². The predicted octanol–water partition coefficient (Wildman–Crippen LogP) is 3.55. The lowest BCUT2D eigenvalue weighted by atomic mass is 10.1. The fourth-order valence-corrected chi connectivity index (χ4v) is 1.33. The molecule has 0 spiro atoms. The molecule has 0 unspecified atom stereocenters. The molecule has 0 aliphatic carbocycles. The summed E-state index contributed by atoms with van der Waals surface area (Å²) in [4.78, 5) is 0. The number of hydrogen-bond donors (Lipinski definition) is 0. The summed E-state index contributed by atoms with van der Waals surface area (Å²) in [5.74, 6) is 0. The van der Waals surface area contributed by atoms with Gasteiger partial charge in [-0.05, 0) is 17.7 Å². The van der Waals surface area contributed by atoms with Gasteiger partial charge < -0.3 is 0 Å². The maximum atomic E-state index is 11.9. The molecule has 4 heteroatoms. The molecule has 1 aromatic carbocycles. The van der Waals surface area contributed by atoms with Gasteiger partial charge in [-0.15, -0.1) is 0 Å². The number of halogens is 4. The van der Waals surface area contributed by atoms with Crippen molar-refractivity contribution in [3.63, 3.8) is 0 Å². The molecule has 0 aliphatic rings. The van der Waals surface area contributed by atoms with Crippen molar-refractivity contribution in [1.29, 1.82) is 0 Å². The first-order valence-corrected chi connectivity index (χ1v) is 4.08. The first-order chi connectivity index (χ1) is 5.47. The van der Waals surface area contributed by atoms with Crippen LogP contribution in [0, 0.1) is 0 Å². The van der Waals surface area contributed by atoms with E-state index < -0.39 is 12.6 Å². The standard InChI is InChI=1S/C8H6BrF3/c9-7-3-1-2-6(4-7)5-8(10,11)12/h1-4H,5H2. The second-order valence-corrected chi connectivity index (χ2v) is 3.34. The second-order valence-electron chi connectivity index (χ2n) is 2.42. The molecule has 12 heavy (non-hydrogen) atoms. The first-order valence-electron chi connectivity index (χ1n) is 3.28. The quantitative estimate of drug-likeness (QED) is 0.702. The van der Waals surface area contributed by atoms with Crippen molar-refractivity contribution in [3.05, 3.63) is 34.3 Å². The maximum absolute atomic E-state index is 11.9. The van der Waals surface area contributed by atoms with Gasteiger partial charge in [0.15, 0.2) is 0 Å². The van der Waals surface area contributed by atoms with E-state index in [0.717, 1.165) is 0 Å². The Labute approximate surface area is 76.5 Å². The highest BCUT2D eigenvalue weighted by molar-refractivity contribution is 9.10. The first kappa shape index (κ1) is 9.58. The van der Waals surface area contributed by atoms with Crippen molar-refractivity contribution in [2.45, 2.75) is 12.6 Å². The van der Waals surface area contributed by atoms with Gasteiger partial charge in [-0.2, -0.15) is 13.2 Å². The van der Waals surface area contributed by atoms with Crippen molar-refractivity contribution in [1.82, 2.24) is 0 Å². The van der Waals surface area contributed by atoms with E-state index in [0.29, 0.717) is 4.47 Å². The van der Waals surface area contributed by atoms with Gasteiger partial charge in [-0.3, -0.25) is 0 Å². The molecule has 0 saturated carbocycles. The molecule has 0 atom stereocenters. The zero-order valence-corrected chi connectivity index (χ0v) is 7.61. The van der Waals surface area contributed by atoms with Crippen LogP contribution in [0.15, 0.2) is 28.7 Å². The van der Waals surface area contributed by atoms with Crippen LogP contribution in [0.2, 0.25) is 0 Å². The van der Waals surface area contributed by atoms with Crippen LogP contribution in [-0.2, 0) is 6.42 Å². The minimum absolute atomic E-state index is 0.275. The highest BCUT2D eigenvalue weighted by Crippen LogP contribution is 2.22. The summed E-state index contributed by atoms with van der Waals surface area (Å²) in [6.07, 6.45) is -4.99. The molecule has 0 N–H and O–H groups in total. The fourth-order valence-electron chi connectivity index (χ4n) is 0.878. The number of rotatable bonds is 1. The largest absolute Gasteiger partial charge is 0.393 e. The summed E-state index contributed by atoms with van der Waals surface area (Å²) in [5.41, 5.74) is 0.275. The van der Waals surface area contributed by atoms with Crippen molar-refractivity contribution < 1.29 is 13.2 Å². The van der Waals surface area contributed by atoms with Crippen LogP contribution in [0.3, 0.4) is 0 Å². The minimum atomic E-state index is -4.12. The van der Waals surface area contributed by atoms with Crippen molar-refractivity contribution in [3.8, 4) is 0 Å². The third-order valence-corrected chi connectivity index (χ3v) is 1.79. The van der Waals surface area contributed by atoms with Gasteiger partial charge in [-0.25, -0.2) is 0 Å². The fraction of sp³-hybridized carbons (Fsp3) is 0.250. The van der Waals surface area contributed by atoms with Gasteiger partial charge in [0.05, 0.1) is 6.42 Å². The molecular weight excluding hydrogens is 233 g/mol. The van der Waals surface area contributed by atoms with Gasteiger partial charge in [0.2, 0.25) is 0 Å². The Morgan fingerprint density at radius 2 is 1.92 bits per heavy atom. The summed E-state index contributed by atoms with van der Waals surface area (Å²) in [6, 6.07) is 6.21. The summed E-state index contributed by atoms with van der Waals surface area (Å²) in [7, 11) is 0. The van der Waals surface area contributed by atoms with E-state index in [2.05, 4.69) is 15.9 Å². The van der Waals surface area contributed by atoms with Crippen LogP contribution >= 0.6 is 15.9 Å². The van der Waals surface area contributed by atoms with Gasteiger partial charge in [0, 0.05) is 4.47 Å². The summed E-state index contributed by atoms with van der Waals surface area (Å²) in [6.45, 7) is 0. The summed E-state index contributed by atoms with van der Waals surface area (Å²) >= 11 is 3.10. The lowest BCUT2D eigenvalue weighted by Gasteiger charge is -2.05. The highest BCUT2D eigenvalue weighted by Gasteiger charge is 2.27. The molecule has 0 bridgehead atoms. The summed E-state index contributed by atoms with van der Waals surface area (Å²) < 4.78 is 36.2. The molecule has 0 amide bonds. The zero-order valence-electron chi connectivity index (χ0n) is 6.03. The number of hydrogen-bond acceptors (Lipinski definition) is 0. The molecular formula is C8H6BrF3. The van der Waals surface area contributed by atoms with E-state index >= 15 is 0 Å². The highest BCUT2D eigenvalue weighted by atomic mass is 79.9. The topological polar surface area (TPSA) is 0 Å². The van der Waals surface area contributed by atoms with Crippen LogP contribution in [0.25, 0.3) is 0 Å². The Kier molecular flexibility index (Phi) is 2.77. The smallest absolute Gasteiger partial charge is 0.171 e. The lowest BCUT2D eigenvalue weighted by molar-refractivity contribution is -0.127. The van der Waals surface area contributed by atoms with Gasteiger partial charge in [-0.1, -0.05) is 28.1 Å². The number of alkyl halides is 3. The van der Waals surface area contributed by atoms with E-state index in [4.69, 9.17) is 0 Å². The average molecular weight is 239 g/mol. The van der Waals surface area contributed by atoms with Crippen LogP contribution in [-0.4, -0.2) is 6.18 Å². The van der Waals surface area contributed by atoms with Gasteiger partial charge in [0.25, 0.3) is 0 Å². The molecule has 0 aliphatic heterocycles. The molecule has 0 fully saturated rings. The molecule has 66 valence electrons. The van der Waals surface area contributed by atoms with Crippen molar-refractivity contribution >= 4 is 15.9 Å². The Morgan fingerprint density at radius 3 is 2.42 bits per heavy atom. The Bertz CT molecular complexity index is 267. The normalized spacial score (nSPS) is 11.7. The zero-order chi connectivity index (χ0) is 9.19. The Morgan fingerprint density at radius 1 is 1.25 bits per heavy atom. The van der Waals surface area contributed by atoms with Crippen LogP contribution in [0.4, 0.5) is 13.2 Å². The van der Waals surface area contributed by atoms with Gasteiger partial charge >= 0.3 is 6.18 Å². The van der Waals surface area contributed by atoms with Crippen molar-refractivity contribution in [2.24, 2.45) is 0 Å². The molecule has 0 nitrogen and oxygen atoms in total. The minimum Gasteiger partial charge on any atom is -0.171 e. The van der Waals surface area contributed by atoms with E-state index in [1.165, 1.54) is 12.1 Å². The SMILES string of the molecule is FC(F)(F)Cc1cccc(Br)c1. The second kappa shape index (κ2) is 3.47. The predicted molar refractivity (Wildman–Crippen MR) is 43.9 cm³/mol. The molecule has 1 rings (SSSR count). The summed E-state index contributed by atoms with van der Waals surface area (Å²) in [5, 5.41) is 0. The monoisotopic (exact) mass is 238 g/mol. The Hall–Kier alpha value is -0.510. The third-order valence-electron chi connectivity index (χ3n) is 1.29. The molecule has 0 aromatic heterocycles. The van der Waals surface area contributed by atoms with E-state index in [9.17, 15) is 13.2 Å². The maximum Gasteiger partial charge on any atom is 0.393 e. The lowest BCUT2D eigenvalue weighted by Crippen LogP contribution is -2.11. The number of benzene rings is 1. The van der Waals surface area contributed by atoms with E-state index in [1.807, 2.05) is 0 Å². The Balaban J connectivity index is 2.77.